The summed E-state index contributed by atoms with van der Waals surface area (Å²) in [5.74, 6) is -0.661. The summed E-state index contributed by atoms with van der Waals surface area (Å²) in [4.78, 5) is 22.5. The highest BCUT2D eigenvalue weighted by atomic mass is 32.1. The summed E-state index contributed by atoms with van der Waals surface area (Å²) in [5, 5.41) is 7.86. The fourth-order valence-electron chi connectivity index (χ4n) is 2.55. The average Bonchev–Trinajstić information content (AvgIpc) is 3.24. The van der Waals surface area contributed by atoms with Crippen LogP contribution in [0.15, 0.2) is 47.2 Å². The molecule has 0 saturated carbocycles. The first-order valence-corrected chi connectivity index (χ1v) is 9.24. The van der Waals surface area contributed by atoms with E-state index in [9.17, 15) is 9.18 Å². The topological polar surface area (TPSA) is 54.9 Å². The van der Waals surface area contributed by atoms with Crippen LogP contribution < -0.4 is 5.32 Å². The average molecular weight is 369 g/mol. The van der Waals surface area contributed by atoms with Gasteiger partial charge in [0.1, 0.15) is 5.82 Å². The van der Waals surface area contributed by atoms with Crippen LogP contribution in [0.1, 0.15) is 16.1 Å². The van der Waals surface area contributed by atoms with Crippen molar-refractivity contribution in [1.82, 2.24) is 9.97 Å². The maximum atomic E-state index is 13.4. The number of nitrogens with zero attached hydrogens (tertiary/aromatic N) is 2. The van der Waals surface area contributed by atoms with Crippen molar-refractivity contribution in [3.05, 3.63) is 64.2 Å². The molecule has 4 nitrogen and oxygen atoms in total. The Labute approximate surface area is 151 Å². The van der Waals surface area contributed by atoms with E-state index in [1.807, 2.05) is 22.9 Å². The predicted octanol–water partition coefficient (Wildman–Crippen LogP) is 5.12. The minimum absolute atomic E-state index is 0.283. The van der Waals surface area contributed by atoms with Gasteiger partial charge >= 0.3 is 0 Å². The summed E-state index contributed by atoms with van der Waals surface area (Å²) in [6, 6.07) is 9.88. The Morgan fingerprint density at radius 2 is 2.04 bits per heavy atom. The van der Waals surface area contributed by atoms with E-state index < -0.39 is 0 Å². The van der Waals surface area contributed by atoms with Crippen LogP contribution in [0.25, 0.3) is 21.5 Å². The molecule has 3 heterocycles. The SMILES string of the molecule is Cc1cc(C(=O)Nc2nc(-c3cccs3)cs2)c2ccc(F)cc2n1. The molecule has 0 radical (unpaired) electrons. The molecule has 1 aromatic carbocycles. The van der Waals surface area contributed by atoms with Crippen LogP contribution in [0, 0.1) is 12.7 Å². The smallest absolute Gasteiger partial charge is 0.258 e. The van der Waals surface area contributed by atoms with Crippen LogP contribution in [0.3, 0.4) is 0 Å². The van der Waals surface area contributed by atoms with E-state index in [1.165, 1.54) is 23.5 Å². The summed E-state index contributed by atoms with van der Waals surface area (Å²) in [6.07, 6.45) is 0. The second-order valence-electron chi connectivity index (χ2n) is 5.44. The quantitative estimate of drug-likeness (QED) is 0.545. The number of anilines is 1. The third-order valence-electron chi connectivity index (χ3n) is 3.64. The lowest BCUT2D eigenvalue weighted by Crippen LogP contribution is -2.13. The molecule has 4 rings (SSSR count). The van der Waals surface area contributed by atoms with Gasteiger partial charge in [-0.3, -0.25) is 15.1 Å². The minimum Gasteiger partial charge on any atom is -0.298 e. The largest absolute Gasteiger partial charge is 0.298 e. The van der Waals surface area contributed by atoms with Crippen molar-refractivity contribution in [1.29, 1.82) is 0 Å². The molecule has 1 N–H and O–H groups in total. The Kier molecular flexibility index (Phi) is 4.03. The molecule has 0 saturated heterocycles. The van der Waals surface area contributed by atoms with Crippen molar-refractivity contribution in [2.45, 2.75) is 6.92 Å². The lowest BCUT2D eigenvalue weighted by molar-refractivity contribution is 0.102. The van der Waals surface area contributed by atoms with Crippen LogP contribution in [0.5, 0.6) is 0 Å². The predicted molar refractivity (Wildman–Crippen MR) is 99.8 cm³/mol. The maximum Gasteiger partial charge on any atom is 0.258 e. The number of fused-ring (bicyclic) bond motifs is 1. The third-order valence-corrected chi connectivity index (χ3v) is 5.29. The van der Waals surface area contributed by atoms with Crippen molar-refractivity contribution in [2.24, 2.45) is 0 Å². The Morgan fingerprint density at radius 1 is 1.16 bits per heavy atom. The van der Waals surface area contributed by atoms with E-state index in [2.05, 4.69) is 15.3 Å². The van der Waals surface area contributed by atoms with Crippen molar-refractivity contribution < 1.29 is 9.18 Å². The first kappa shape index (κ1) is 15.9. The van der Waals surface area contributed by atoms with E-state index in [-0.39, 0.29) is 11.7 Å². The normalized spacial score (nSPS) is 11.0. The van der Waals surface area contributed by atoms with Crippen LogP contribution in [-0.2, 0) is 0 Å². The Balaban J connectivity index is 1.66. The minimum atomic E-state index is -0.377. The molecular weight excluding hydrogens is 357 g/mol. The zero-order chi connectivity index (χ0) is 17.4. The number of thiophene rings is 1. The van der Waals surface area contributed by atoms with Gasteiger partial charge in [-0.2, -0.15) is 0 Å². The van der Waals surface area contributed by atoms with Gasteiger partial charge in [-0.25, -0.2) is 9.37 Å². The number of aryl methyl sites for hydroxylation is 1. The summed E-state index contributed by atoms with van der Waals surface area (Å²) in [6.45, 7) is 1.78. The second kappa shape index (κ2) is 6.34. The first-order chi connectivity index (χ1) is 12.1. The van der Waals surface area contributed by atoms with Gasteiger partial charge in [-0.05, 0) is 36.6 Å². The molecule has 0 aliphatic carbocycles. The fourth-order valence-corrected chi connectivity index (χ4v) is 4.02. The van der Waals surface area contributed by atoms with Gasteiger partial charge in [-0.15, -0.1) is 22.7 Å². The van der Waals surface area contributed by atoms with E-state index >= 15 is 0 Å². The van der Waals surface area contributed by atoms with Gasteiger partial charge in [0.25, 0.3) is 5.91 Å². The van der Waals surface area contributed by atoms with Gasteiger partial charge in [0, 0.05) is 22.5 Å². The van der Waals surface area contributed by atoms with E-state index in [0.717, 1.165) is 10.6 Å². The molecule has 0 unspecified atom stereocenters. The lowest BCUT2D eigenvalue weighted by atomic mass is 10.1. The summed E-state index contributed by atoms with van der Waals surface area (Å²) in [7, 11) is 0. The van der Waals surface area contributed by atoms with Gasteiger partial charge in [0.05, 0.1) is 21.7 Å². The Hall–Kier alpha value is -2.64. The van der Waals surface area contributed by atoms with E-state index in [0.29, 0.717) is 27.3 Å². The van der Waals surface area contributed by atoms with Crippen molar-refractivity contribution in [3.8, 4) is 10.6 Å². The summed E-state index contributed by atoms with van der Waals surface area (Å²) in [5.41, 5.74) is 2.41. The zero-order valence-electron chi connectivity index (χ0n) is 13.1. The van der Waals surface area contributed by atoms with Gasteiger partial charge in [0.2, 0.25) is 0 Å². The molecule has 0 spiro atoms. The number of rotatable bonds is 3. The molecule has 124 valence electrons. The number of aromatic nitrogens is 2. The molecule has 4 aromatic rings. The molecule has 1 amide bonds. The molecule has 25 heavy (non-hydrogen) atoms. The van der Waals surface area contributed by atoms with Gasteiger partial charge in [-0.1, -0.05) is 6.07 Å². The highest BCUT2D eigenvalue weighted by Crippen LogP contribution is 2.29. The highest BCUT2D eigenvalue weighted by molar-refractivity contribution is 7.16. The van der Waals surface area contributed by atoms with Crippen molar-refractivity contribution >= 4 is 44.6 Å². The van der Waals surface area contributed by atoms with E-state index in [1.54, 1.807) is 30.4 Å². The number of thiazole rings is 1. The number of hydrogen-bond acceptors (Lipinski definition) is 5. The Bertz CT molecular complexity index is 1070. The summed E-state index contributed by atoms with van der Waals surface area (Å²) >= 11 is 2.97. The van der Waals surface area contributed by atoms with Crippen LogP contribution in [-0.4, -0.2) is 15.9 Å². The number of pyridine rings is 1. The fraction of sp³-hybridized carbons (Fsp3) is 0.0556. The standard InChI is InChI=1S/C18H12FN3OS2/c1-10-7-13(12-5-4-11(19)8-14(12)20-10)17(23)22-18-21-15(9-25-18)16-3-2-6-24-16/h2-9H,1H3,(H,21,22,23). The van der Waals surface area contributed by atoms with Crippen LogP contribution in [0.2, 0.25) is 0 Å². The van der Waals surface area contributed by atoms with Crippen LogP contribution >= 0.6 is 22.7 Å². The third kappa shape index (κ3) is 3.16. The first-order valence-electron chi connectivity index (χ1n) is 7.48. The number of amides is 1. The highest BCUT2D eigenvalue weighted by Gasteiger charge is 2.15. The Morgan fingerprint density at radius 3 is 2.84 bits per heavy atom. The van der Waals surface area contributed by atoms with Crippen molar-refractivity contribution in [2.75, 3.05) is 5.32 Å². The molecule has 3 aromatic heterocycles. The maximum absolute atomic E-state index is 13.4. The second-order valence-corrected chi connectivity index (χ2v) is 7.25. The molecule has 0 bridgehead atoms. The number of hydrogen-bond donors (Lipinski definition) is 1. The van der Waals surface area contributed by atoms with Crippen LogP contribution in [0.4, 0.5) is 9.52 Å². The zero-order valence-corrected chi connectivity index (χ0v) is 14.7. The molecular formula is C18H12FN3OS2. The number of halogens is 1. The lowest BCUT2D eigenvalue weighted by Gasteiger charge is -2.07. The summed E-state index contributed by atoms with van der Waals surface area (Å²) < 4.78 is 13.4. The van der Waals surface area contributed by atoms with Crippen molar-refractivity contribution in [3.63, 3.8) is 0 Å². The monoisotopic (exact) mass is 369 g/mol. The number of benzene rings is 1. The molecule has 0 aliphatic heterocycles. The van der Waals surface area contributed by atoms with E-state index in [4.69, 9.17) is 0 Å². The van der Waals surface area contributed by atoms with Gasteiger partial charge < -0.3 is 0 Å². The molecule has 0 fully saturated rings. The van der Waals surface area contributed by atoms with Gasteiger partial charge in [0.15, 0.2) is 5.13 Å². The molecule has 0 aliphatic rings. The number of nitrogens with one attached hydrogen (secondary N) is 1. The molecule has 7 heteroatoms. The number of carbonyl (C=O) groups is 1. The molecule has 0 atom stereocenters. The number of carbonyl (C=O) groups excluding carboxylic acids is 1.